The normalized spacial score (nSPS) is 18.8. The molecule has 2 rings (SSSR count). The van der Waals surface area contributed by atoms with Crippen molar-refractivity contribution in [3.8, 4) is 11.8 Å². The van der Waals surface area contributed by atoms with Gasteiger partial charge in [-0.25, -0.2) is 4.39 Å². The fourth-order valence-corrected chi connectivity index (χ4v) is 3.28. The summed E-state index contributed by atoms with van der Waals surface area (Å²) >= 11 is 0. The van der Waals surface area contributed by atoms with Crippen LogP contribution in [0.4, 0.5) is 4.39 Å². The quantitative estimate of drug-likeness (QED) is 0.220. The summed E-state index contributed by atoms with van der Waals surface area (Å²) in [5.41, 5.74) is 1.95. The predicted octanol–water partition coefficient (Wildman–Crippen LogP) is 7.89. The Labute approximate surface area is 171 Å². The van der Waals surface area contributed by atoms with E-state index in [1.807, 2.05) is 18.2 Å². The summed E-state index contributed by atoms with van der Waals surface area (Å²) in [5.74, 6) is 6.37. The Morgan fingerprint density at radius 2 is 1.71 bits per heavy atom. The molecule has 0 bridgehead atoms. The first-order valence-corrected chi connectivity index (χ1v) is 11.0. The molecule has 1 unspecified atom stereocenters. The topological polar surface area (TPSA) is 0 Å². The maximum absolute atomic E-state index is 14.7. The maximum Gasteiger partial charge on any atom is 0.151 e. The lowest BCUT2D eigenvalue weighted by Gasteiger charge is -2.18. The minimum Gasteiger partial charge on any atom is -0.234 e. The van der Waals surface area contributed by atoms with Crippen LogP contribution in [0.1, 0.15) is 82.8 Å². The van der Waals surface area contributed by atoms with E-state index in [1.54, 1.807) is 12.2 Å². The van der Waals surface area contributed by atoms with E-state index in [2.05, 4.69) is 50.0 Å². The summed E-state index contributed by atoms with van der Waals surface area (Å²) in [7, 11) is 0. The van der Waals surface area contributed by atoms with Gasteiger partial charge in [-0.1, -0.05) is 88.5 Å². The van der Waals surface area contributed by atoms with Crippen LogP contribution in [0.25, 0.3) is 0 Å². The zero-order chi connectivity index (χ0) is 20.1. The fraction of sp³-hybridized carbons (Fsp3) is 0.481. The molecule has 0 aromatic heterocycles. The minimum absolute atomic E-state index is 0.368. The molecule has 28 heavy (non-hydrogen) atoms. The number of halogens is 1. The second-order valence-corrected chi connectivity index (χ2v) is 7.78. The van der Waals surface area contributed by atoms with Crippen LogP contribution in [0.3, 0.4) is 0 Å². The van der Waals surface area contributed by atoms with E-state index in [4.69, 9.17) is 0 Å². The molecule has 1 aliphatic rings. The molecule has 0 nitrogen and oxygen atoms in total. The van der Waals surface area contributed by atoms with Crippen LogP contribution in [-0.2, 0) is 6.42 Å². The van der Waals surface area contributed by atoms with E-state index in [-0.39, 0.29) is 0 Å². The smallest absolute Gasteiger partial charge is 0.151 e. The molecule has 1 atom stereocenters. The van der Waals surface area contributed by atoms with Crippen molar-refractivity contribution < 1.29 is 4.39 Å². The molecule has 0 fully saturated rings. The third kappa shape index (κ3) is 8.30. The van der Waals surface area contributed by atoms with E-state index in [0.29, 0.717) is 6.42 Å². The van der Waals surface area contributed by atoms with Gasteiger partial charge in [0.05, 0.1) is 0 Å². The van der Waals surface area contributed by atoms with Crippen LogP contribution >= 0.6 is 0 Å². The summed E-state index contributed by atoms with van der Waals surface area (Å²) in [5, 5.41) is 0. The SMILES string of the molecule is CCCC/C=C/C1(F)C=CC(C#Cc2ccc(CCCCCCC)cc2)=CC1. The highest BCUT2D eigenvalue weighted by Crippen LogP contribution is 2.27. The highest BCUT2D eigenvalue weighted by atomic mass is 19.1. The van der Waals surface area contributed by atoms with Crippen LogP contribution in [0.2, 0.25) is 0 Å². The Balaban J connectivity index is 1.82. The number of hydrogen-bond donors (Lipinski definition) is 0. The van der Waals surface area contributed by atoms with Gasteiger partial charge in [0.2, 0.25) is 0 Å². The van der Waals surface area contributed by atoms with Gasteiger partial charge in [-0.15, -0.1) is 0 Å². The van der Waals surface area contributed by atoms with Crippen LogP contribution in [-0.4, -0.2) is 5.67 Å². The molecule has 0 saturated carbocycles. The van der Waals surface area contributed by atoms with Gasteiger partial charge in [-0.3, -0.25) is 0 Å². The zero-order valence-corrected chi connectivity index (χ0v) is 17.6. The molecule has 0 N–H and O–H groups in total. The summed E-state index contributed by atoms with van der Waals surface area (Å²) in [6.07, 6.45) is 20.3. The number of hydrogen-bond acceptors (Lipinski definition) is 0. The third-order valence-corrected chi connectivity index (χ3v) is 5.17. The fourth-order valence-electron chi connectivity index (χ4n) is 3.28. The van der Waals surface area contributed by atoms with Crippen LogP contribution in [0, 0.1) is 11.8 Å². The van der Waals surface area contributed by atoms with Gasteiger partial charge in [-0.05, 0) is 55.2 Å². The first-order chi connectivity index (χ1) is 13.6. The summed E-state index contributed by atoms with van der Waals surface area (Å²) in [6, 6.07) is 8.56. The summed E-state index contributed by atoms with van der Waals surface area (Å²) in [6.45, 7) is 4.40. The predicted molar refractivity (Wildman–Crippen MR) is 120 cm³/mol. The van der Waals surface area contributed by atoms with Crippen molar-refractivity contribution in [2.24, 2.45) is 0 Å². The Morgan fingerprint density at radius 1 is 0.964 bits per heavy atom. The Morgan fingerprint density at radius 3 is 2.39 bits per heavy atom. The zero-order valence-electron chi connectivity index (χ0n) is 17.6. The number of allylic oxidation sites excluding steroid dienone is 6. The second-order valence-electron chi connectivity index (χ2n) is 7.78. The van der Waals surface area contributed by atoms with Crippen molar-refractivity contribution in [1.82, 2.24) is 0 Å². The Kier molecular flexibility index (Phi) is 9.84. The molecular formula is C27H35F. The first-order valence-electron chi connectivity index (χ1n) is 11.0. The lowest BCUT2D eigenvalue weighted by molar-refractivity contribution is 0.298. The van der Waals surface area contributed by atoms with Gasteiger partial charge in [0.1, 0.15) is 0 Å². The van der Waals surface area contributed by atoms with Crippen molar-refractivity contribution in [2.75, 3.05) is 0 Å². The van der Waals surface area contributed by atoms with Crippen molar-refractivity contribution in [2.45, 2.75) is 83.7 Å². The number of aryl methyl sites for hydroxylation is 1. The average Bonchev–Trinajstić information content (AvgIpc) is 2.72. The molecular weight excluding hydrogens is 343 g/mol. The van der Waals surface area contributed by atoms with Gasteiger partial charge in [0.25, 0.3) is 0 Å². The van der Waals surface area contributed by atoms with Gasteiger partial charge in [-0.2, -0.15) is 0 Å². The second kappa shape index (κ2) is 12.4. The summed E-state index contributed by atoms with van der Waals surface area (Å²) < 4.78 is 14.7. The molecule has 0 amide bonds. The molecule has 0 radical (unpaired) electrons. The first kappa shape index (κ1) is 22.2. The van der Waals surface area contributed by atoms with E-state index in [9.17, 15) is 4.39 Å². The number of benzene rings is 1. The van der Waals surface area contributed by atoms with Crippen LogP contribution in [0.5, 0.6) is 0 Å². The van der Waals surface area contributed by atoms with E-state index in [1.165, 1.54) is 37.7 Å². The monoisotopic (exact) mass is 378 g/mol. The number of rotatable bonds is 10. The number of unbranched alkanes of at least 4 members (excludes halogenated alkanes) is 6. The largest absolute Gasteiger partial charge is 0.234 e. The standard InChI is InChI=1S/C27H35F/c1-3-5-7-9-10-12-24-13-15-25(16-14-24)17-18-26-19-22-27(28,23-20-26)21-11-8-6-4-2/h11,13-16,19-22H,3-10,12,23H2,1-2H3/b21-11+. The Hall–Kier alpha value is -2.07. The Bertz CT molecular complexity index is 724. The van der Waals surface area contributed by atoms with Gasteiger partial charge < -0.3 is 0 Å². The van der Waals surface area contributed by atoms with E-state index in [0.717, 1.165) is 36.8 Å². The van der Waals surface area contributed by atoms with Gasteiger partial charge in [0.15, 0.2) is 5.67 Å². The molecule has 0 aliphatic heterocycles. The molecule has 1 aliphatic carbocycles. The lowest BCUT2D eigenvalue weighted by atomic mass is 9.93. The average molecular weight is 379 g/mol. The van der Waals surface area contributed by atoms with Crippen LogP contribution < -0.4 is 0 Å². The third-order valence-electron chi connectivity index (χ3n) is 5.17. The molecule has 1 aromatic rings. The highest BCUT2D eigenvalue weighted by molar-refractivity contribution is 5.48. The molecule has 0 spiro atoms. The maximum atomic E-state index is 14.7. The molecule has 150 valence electrons. The lowest BCUT2D eigenvalue weighted by Crippen LogP contribution is -2.17. The molecule has 1 heteroatoms. The van der Waals surface area contributed by atoms with Gasteiger partial charge >= 0.3 is 0 Å². The summed E-state index contributed by atoms with van der Waals surface area (Å²) in [4.78, 5) is 0. The van der Waals surface area contributed by atoms with E-state index >= 15 is 0 Å². The molecule has 1 aromatic carbocycles. The molecule has 0 saturated heterocycles. The van der Waals surface area contributed by atoms with Crippen LogP contribution in [0.15, 0.2) is 60.2 Å². The van der Waals surface area contributed by atoms with E-state index < -0.39 is 5.67 Å². The van der Waals surface area contributed by atoms with Crippen molar-refractivity contribution in [1.29, 1.82) is 0 Å². The molecule has 0 heterocycles. The van der Waals surface area contributed by atoms with Crippen molar-refractivity contribution in [3.05, 3.63) is 71.3 Å². The van der Waals surface area contributed by atoms with Crippen molar-refractivity contribution >= 4 is 0 Å². The highest BCUT2D eigenvalue weighted by Gasteiger charge is 2.23. The minimum atomic E-state index is -1.35. The van der Waals surface area contributed by atoms with Crippen molar-refractivity contribution in [3.63, 3.8) is 0 Å². The number of alkyl halides is 1. The van der Waals surface area contributed by atoms with Gasteiger partial charge in [0, 0.05) is 17.6 Å².